The highest BCUT2D eigenvalue weighted by Gasteiger charge is 2.28. The Labute approximate surface area is 126 Å². The molecule has 4 heteroatoms. The summed E-state index contributed by atoms with van der Waals surface area (Å²) in [4.78, 5) is 26.3. The van der Waals surface area contributed by atoms with E-state index in [2.05, 4.69) is 5.32 Å². The molecule has 1 atom stereocenters. The first kappa shape index (κ1) is 15.5. The molecule has 1 fully saturated rings. The van der Waals surface area contributed by atoms with Gasteiger partial charge < -0.3 is 10.2 Å². The molecule has 0 radical (unpaired) electrons. The minimum Gasteiger partial charge on any atom is -0.351 e. The van der Waals surface area contributed by atoms with Crippen molar-refractivity contribution in [1.29, 1.82) is 0 Å². The van der Waals surface area contributed by atoms with Crippen molar-refractivity contribution in [2.75, 3.05) is 13.1 Å². The second-order valence-corrected chi connectivity index (χ2v) is 6.68. The van der Waals surface area contributed by atoms with E-state index in [0.717, 1.165) is 19.4 Å². The zero-order valence-corrected chi connectivity index (χ0v) is 13.1. The summed E-state index contributed by atoms with van der Waals surface area (Å²) >= 11 is 0. The number of benzene rings is 1. The molecule has 1 aliphatic rings. The second kappa shape index (κ2) is 6.29. The van der Waals surface area contributed by atoms with E-state index in [1.165, 1.54) is 0 Å². The lowest BCUT2D eigenvalue weighted by Crippen LogP contribution is -2.51. The number of hydrogen-bond acceptors (Lipinski definition) is 2. The summed E-state index contributed by atoms with van der Waals surface area (Å²) < 4.78 is 0. The second-order valence-electron chi connectivity index (χ2n) is 6.68. The highest BCUT2D eigenvalue weighted by atomic mass is 16.2. The summed E-state index contributed by atoms with van der Waals surface area (Å²) in [6, 6.07) is 9.36. The molecule has 0 bridgehead atoms. The van der Waals surface area contributed by atoms with E-state index in [9.17, 15) is 9.59 Å². The van der Waals surface area contributed by atoms with Gasteiger partial charge in [-0.15, -0.1) is 0 Å². The highest BCUT2D eigenvalue weighted by molar-refractivity contribution is 5.94. The average Bonchev–Trinajstić information content (AvgIpc) is 2.46. The first-order valence-corrected chi connectivity index (χ1v) is 7.53. The summed E-state index contributed by atoms with van der Waals surface area (Å²) in [6.07, 6.45) is 1.86. The van der Waals surface area contributed by atoms with Crippen LogP contribution in [0.2, 0.25) is 0 Å². The first-order chi connectivity index (χ1) is 9.88. The summed E-state index contributed by atoms with van der Waals surface area (Å²) in [5.41, 5.74) is 0.312. The lowest BCUT2D eigenvalue weighted by Gasteiger charge is -2.34. The zero-order valence-electron chi connectivity index (χ0n) is 13.1. The fourth-order valence-corrected chi connectivity index (χ4v) is 2.44. The Morgan fingerprint density at radius 1 is 1.19 bits per heavy atom. The van der Waals surface area contributed by atoms with E-state index in [-0.39, 0.29) is 17.9 Å². The molecule has 0 aliphatic carbocycles. The van der Waals surface area contributed by atoms with Crippen LogP contribution in [0.4, 0.5) is 0 Å². The number of piperidine rings is 1. The number of likely N-dealkylation sites (tertiary alicyclic amines) is 1. The molecule has 0 saturated carbocycles. The van der Waals surface area contributed by atoms with Crippen molar-refractivity contribution in [3.63, 3.8) is 0 Å². The molecule has 0 spiro atoms. The van der Waals surface area contributed by atoms with Gasteiger partial charge in [-0.3, -0.25) is 9.59 Å². The lowest BCUT2D eigenvalue weighted by atomic mass is 9.94. The summed E-state index contributed by atoms with van der Waals surface area (Å²) in [5.74, 6) is 0.0896. The van der Waals surface area contributed by atoms with Gasteiger partial charge in [0.2, 0.25) is 5.91 Å². The topological polar surface area (TPSA) is 49.4 Å². The van der Waals surface area contributed by atoms with Crippen molar-refractivity contribution in [1.82, 2.24) is 10.2 Å². The SMILES string of the molecule is CC(C)(C)C(=O)NC1CCCN(C(=O)c2ccccc2)C1. The molecule has 1 saturated heterocycles. The lowest BCUT2D eigenvalue weighted by molar-refractivity contribution is -0.129. The smallest absolute Gasteiger partial charge is 0.253 e. The Balaban J connectivity index is 1.98. The number of nitrogens with one attached hydrogen (secondary N) is 1. The van der Waals surface area contributed by atoms with Crippen molar-refractivity contribution in [3.8, 4) is 0 Å². The highest BCUT2D eigenvalue weighted by Crippen LogP contribution is 2.17. The number of nitrogens with zero attached hydrogens (tertiary/aromatic N) is 1. The maximum Gasteiger partial charge on any atom is 0.253 e. The number of rotatable bonds is 2. The predicted octanol–water partition coefficient (Wildman–Crippen LogP) is 2.45. The van der Waals surface area contributed by atoms with Gasteiger partial charge in [-0.1, -0.05) is 39.0 Å². The molecule has 1 N–H and O–H groups in total. The van der Waals surface area contributed by atoms with Crippen molar-refractivity contribution in [3.05, 3.63) is 35.9 Å². The number of carbonyl (C=O) groups is 2. The van der Waals surface area contributed by atoms with E-state index >= 15 is 0 Å². The Bertz CT molecular complexity index is 505. The minimum atomic E-state index is -0.397. The van der Waals surface area contributed by atoms with Crippen molar-refractivity contribution < 1.29 is 9.59 Å². The third-order valence-electron chi connectivity index (χ3n) is 3.75. The fraction of sp³-hybridized carbons (Fsp3) is 0.529. The largest absolute Gasteiger partial charge is 0.351 e. The fourth-order valence-electron chi connectivity index (χ4n) is 2.44. The standard InChI is InChI=1S/C17H24N2O2/c1-17(2,3)16(21)18-14-10-7-11-19(12-14)15(20)13-8-5-4-6-9-13/h4-6,8-9,14H,7,10-12H2,1-3H3,(H,18,21). The van der Waals surface area contributed by atoms with Gasteiger partial charge in [-0.25, -0.2) is 0 Å². The van der Waals surface area contributed by atoms with Crippen LogP contribution in [-0.2, 0) is 4.79 Å². The number of carbonyl (C=O) groups excluding carboxylic acids is 2. The van der Waals surface area contributed by atoms with Gasteiger partial charge in [-0.2, -0.15) is 0 Å². The third-order valence-corrected chi connectivity index (χ3v) is 3.75. The Morgan fingerprint density at radius 3 is 2.48 bits per heavy atom. The molecule has 1 aromatic carbocycles. The van der Waals surface area contributed by atoms with Crippen LogP contribution in [0.1, 0.15) is 44.0 Å². The summed E-state index contributed by atoms with van der Waals surface area (Å²) in [7, 11) is 0. The van der Waals surface area contributed by atoms with E-state index in [0.29, 0.717) is 12.1 Å². The minimum absolute atomic E-state index is 0.0431. The van der Waals surface area contributed by atoms with Gasteiger partial charge >= 0.3 is 0 Å². The van der Waals surface area contributed by atoms with E-state index in [1.54, 1.807) is 0 Å². The predicted molar refractivity (Wildman–Crippen MR) is 83.0 cm³/mol. The van der Waals surface area contributed by atoms with Crippen LogP contribution in [0.5, 0.6) is 0 Å². The molecule has 1 heterocycles. The molecule has 2 amide bonds. The third kappa shape index (κ3) is 4.06. The van der Waals surface area contributed by atoms with Gasteiger partial charge in [0.25, 0.3) is 5.91 Å². The number of hydrogen-bond donors (Lipinski definition) is 1. The molecule has 1 aliphatic heterocycles. The van der Waals surface area contributed by atoms with Crippen LogP contribution < -0.4 is 5.32 Å². The van der Waals surface area contributed by atoms with Gasteiger partial charge in [-0.05, 0) is 25.0 Å². The average molecular weight is 288 g/mol. The van der Waals surface area contributed by atoms with Crippen LogP contribution in [0.15, 0.2) is 30.3 Å². The maximum atomic E-state index is 12.4. The van der Waals surface area contributed by atoms with E-state index < -0.39 is 5.41 Å². The zero-order chi connectivity index (χ0) is 15.5. The summed E-state index contributed by atoms with van der Waals surface area (Å²) in [6.45, 7) is 7.05. The van der Waals surface area contributed by atoms with Crippen LogP contribution in [0.3, 0.4) is 0 Å². The molecule has 1 aromatic rings. The molecular formula is C17H24N2O2. The van der Waals surface area contributed by atoms with Gasteiger partial charge in [0.15, 0.2) is 0 Å². The monoisotopic (exact) mass is 288 g/mol. The molecule has 21 heavy (non-hydrogen) atoms. The molecule has 2 rings (SSSR count). The van der Waals surface area contributed by atoms with Crippen LogP contribution >= 0.6 is 0 Å². The van der Waals surface area contributed by atoms with Crippen LogP contribution in [0.25, 0.3) is 0 Å². The molecule has 1 unspecified atom stereocenters. The van der Waals surface area contributed by atoms with Gasteiger partial charge in [0.1, 0.15) is 0 Å². The van der Waals surface area contributed by atoms with E-state index in [4.69, 9.17) is 0 Å². The van der Waals surface area contributed by atoms with Gasteiger partial charge in [0.05, 0.1) is 0 Å². The van der Waals surface area contributed by atoms with E-state index in [1.807, 2.05) is 56.0 Å². The Kier molecular flexibility index (Phi) is 4.66. The van der Waals surface area contributed by atoms with Crippen molar-refractivity contribution >= 4 is 11.8 Å². The molecular weight excluding hydrogens is 264 g/mol. The molecule has 4 nitrogen and oxygen atoms in total. The molecule has 114 valence electrons. The number of amides is 2. The van der Waals surface area contributed by atoms with Crippen LogP contribution in [-0.4, -0.2) is 35.8 Å². The first-order valence-electron chi connectivity index (χ1n) is 7.53. The Morgan fingerprint density at radius 2 is 1.86 bits per heavy atom. The normalized spacial score (nSPS) is 19.2. The Hall–Kier alpha value is -1.84. The maximum absolute atomic E-state index is 12.4. The van der Waals surface area contributed by atoms with Gasteiger partial charge in [0, 0.05) is 30.1 Å². The summed E-state index contributed by atoms with van der Waals surface area (Å²) in [5, 5.41) is 3.06. The van der Waals surface area contributed by atoms with Crippen molar-refractivity contribution in [2.45, 2.75) is 39.7 Å². The quantitative estimate of drug-likeness (QED) is 0.908. The van der Waals surface area contributed by atoms with Crippen LogP contribution in [0, 0.1) is 5.41 Å². The van der Waals surface area contributed by atoms with Crippen molar-refractivity contribution in [2.24, 2.45) is 5.41 Å². The molecule has 0 aromatic heterocycles.